The van der Waals surface area contributed by atoms with E-state index in [-0.39, 0.29) is 12.5 Å². The first-order chi connectivity index (χ1) is 11.0. The molecule has 1 aliphatic rings. The van der Waals surface area contributed by atoms with Gasteiger partial charge >= 0.3 is 0 Å². The zero-order chi connectivity index (χ0) is 16.8. The third-order valence-corrected chi connectivity index (χ3v) is 5.37. The van der Waals surface area contributed by atoms with E-state index in [1.807, 2.05) is 0 Å². The lowest BCUT2D eigenvalue weighted by atomic mass is 9.89. The van der Waals surface area contributed by atoms with Gasteiger partial charge in [-0.05, 0) is 29.7 Å². The van der Waals surface area contributed by atoms with Crippen LogP contribution in [0.15, 0.2) is 22.5 Å². The number of nitrogens with one attached hydrogen (secondary N) is 1. The van der Waals surface area contributed by atoms with Gasteiger partial charge in [-0.3, -0.25) is 4.79 Å². The molecule has 6 heteroatoms. The zero-order valence-corrected chi connectivity index (χ0v) is 15.4. The number of aliphatic imine (C=N–C) groups is 1. The minimum atomic E-state index is 0.0267. The molecule has 1 N–H and O–H groups in total. The van der Waals surface area contributed by atoms with Gasteiger partial charge in [-0.25, -0.2) is 4.99 Å². The van der Waals surface area contributed by atoms with Crippen molar-refractivity contribution >= 4 is 23.2 Å². The highest BCUT2D eigenvalue weighted by Crippen LogP contribution is 2.22. The zero-order valence-electron chi connectivity index (χ0n) is 14.6. The molecular formula is C17H28N4OS. The van der Waals surface area contributed by atoms with E-state index in [1.165, 1.54) is 11.3 Å². The number of likely N-dealkylation sites (N-methyl/N-ethyl adjacent to an activating group) is 1. The van der Waals surface area contributed by atoms with E-state index in [4.69, 9.17) is 0 Å². The minimum absolute atomic E-state index is 0.0267. The maximum Gasteiger partial charge on any atom is 0.243 e. The maximum atomic E-state index is 11.9. The van der Waals surface area contributed by atoms with Crippen LogP contribution < -0.4 is 5.32 Å². The van der Waals surface area contributed by atoms with Gasteiger partial charge in [0, 0.05) is 32.1 Å². The van der Waals surface area contributed by atoms with Crippen molar-refractivity contribution in [3.8, 4) is 0 Å². The Hall–Kier alpha value is -1.56. The molecule has 128 valence electrons. The van der Waals surface area contributed by atoms with E-state index in [1.54, 1.807) is 30.3 Å². The molecule has 2 heterocycles. The first-order valence-electron chi connectivity index (χ1n) is 8.23. The van der Waals surface area contributed by atoms with Gasteiger partial charge in [0.15, 0.2) is 5.96 Å². The molecule has 0 radical (unpaired) electrons. The molecule has 1 aromatic rings. The van der Waals surface area contributed by atoms with Crippen molar-refractivity contribution < 1.29 is 4.79 Å². The predicted octanol–water partition coefficient (Wildman–Crippen LogP) is 2.26. The molecule has 0 bridgehead atoms. The average molecular weight is 337 g/mol. The number of amides is 1. The fraction of sp³-hybridized carbons (Fsp3) is 0.647. The van der Waals surface area contributed by atoms with Crippen LogP contribution in [0.5, 0.6) is 0 Å². The quantitative estimate of drug-likeness (QED) is 0.678. The molecule has 0 spiro atoms. The van der Waals surface area contributed by atoms with Crippen LogP contribution in [0.3, 0.4) is 0 Å². The van der Waals surface area contributed by atoms with Gasteiger partial charge < -0.3 is 15.1 Å². The van der Waals surface area contributed by atoms with Crippen molar-refractivity contribution in [2.75, 3.05) is 33.7 Å². The highest BCUT2D eigenvalue weighted by Gasteiger charge is 2.25. The molecule has 0 aromatic carbocycles. The summed E-state index contributed by atoms with van der Waals surface area (Å²) < 4.78 is 0. The van der Waals surface area contributed by atoms with E-state index >= 15 is 0 Å². The lowest BCUT2D eigenvalue weighted by molar-refractivity contribution is -0.127. The Labute approximate surface area is 143 Å². The van der Waals surface area contributed by atoms with Crippen LogP contribution in [0.2, 0.25) is 0 Å². The number of piperidine rings is 1. The lowest BCUT2D eigenvalue weighted by Gasteiger charge is -2.37. The largest absolute Gasteiger partial charge is 0.351 e. The summed E-state index contributed by atoms with van der Waals surface area (Å²) in [7, 11) is 3.53. The first-order valence-corrected chi connectivity index (χ1v) is 9.11. The fourth-order valence-electron chi connectivity index (χ4n) is 2.59. The van der Waals surface area contributed by atoms with Crippen LogP contribution in [0.4, 0.5) is 0 Å². The average Bonchev–Trinajstić information content (AvgIpc) is 3.03. The van der Waals surface area contributed by atoms with E-state index in [0.29, 0.717) is 5.92 Å². The van der Waals surface area contributed by atoms with Gasteiger partial charge in [0.1, 0.15) is 6.54 Å². The Bertz CT molecular complexity index is 527. The highest BCUT2D eigenvalue weighted by atomic mass is 32.1. The molecule has 1 aromatic heterocycles. The van der Waals surface area contributed by atoms with Gasteiger partial charge in [-0.15, -0.1) is 11.3 Å². The molecule has 23 heavy (non-hydrogen) atoms. The summed E-state index contributed by atoms with van der Waals surface area (Å²) in [6.45, 7) is 7.55. The summed E-state index contributed by atoms with van der Waals surface area (Å²) in [6.07, 6.45) is 1.17. The van der Waals surface area contributed by atoms with Gasteiger partial charge in [0.25, 0.3) is 0 Å². The van der Waals surface area contributed by atoms with Crippen molar-refractivity contribution in [1.82, 2.24) is 15.1 Å². The molecule has 1 amide bonds. The van der Waals surface area contributed by atoms with Gasteiger partial charge in [-0.2, -0.15) is 0 Å². The summed E-state index contributed by atoms with van der Waals surface area (Å²) in [5.74, 6) is 2.27. The van der Waals surface area contributed by atoms with E-state index in [9.17, 15) is 4.79 Å². The lowest BCUT2D eigenvalue weighted by Crippen LogP contribution is -2.48. The molecule has 1 saturated heterocycles. The number of guanidine groups is 1. The van der Waals surface area contributed by atoms with Crippen molar-refractivity contribution in [2.24, 2.45) is 16.8 Å². The SMILES string of the molecule is CC1CCN(C(=NCC(=O)N(C)C)NCc2cccs2)CC1C. The van der Waals surface area contributed by atoms with Crippen molar-refractivity contribution in [2.45, 2.75) is 26.8 Å². The smallest absolute Gasteiger partial charge is 0.243 e. The van der Waals surface area contributed by atoms with Crippen LogP contribution in [-0.4, -0.2) is 55.4 Å². The first kappa shape index (κ1) is 17.8. The van der Waals surface area contributed by atoms with Crippen LogP contribution in [0, 0.1) is 11.8 Å². The summed E-state index contributed by atoms with van der Waals surface area (Å²) in [4.78, 5) is 21.6. The van der Waals surface area contributed by atoms with E-state index < -0.39 is 0 Å². The van der Waals surface area contributed by atoms with Crippen molar-refractivity contribution in [3.05, 3.63) is 22.4 Å². The predicted molar refractivity (Wildman–Crippen MR) is 96.7 cm³/mol. The van der Waals surface area contributed by atoms with Crippen LogP contribution >= 0.6 is 11.3 Å². The standard InChI is InChI=1S/C17H28N4OS/c1-13-7-8-21(12-14(13)2)17(19-11-16(22)20(3)4)18-10-15-6-5-9-23-15/h5-6,9,13-14H,7-8,10-12H2,1-4H3,(H,18,19). The molecule has 0 saturated carbocycles. The topological polar surface area (TPSA) is 47.9 Å². The summed E-state index contributed by atoms with van der Waals surface area (Å²) in [5.41, 5.74) is 0. The normalized spacial score (nSPS) is 22.1. The molecule has 1 fully saturated rings. The van der Waals surface area contributed by atoms with Crippen molar-refractivity contribution in [3.63, 3.8) is 0 Å². The molecule has 2 rings (SSSR count). The number of likely N-dealkylation sites (tertiary alicyclic amines) is 1. The second kappa shape index (κ2) is 8.34. The maximum absolute atomic E-state index is 11.9. The van der Waals surface area contributed by atoms with Crippen molar-refractivity contribution in [1.29, 1.82) is 0 Å². The highest BCUT2D eigenvalue weighted by molar-refractivity contribution is 7.09. The van der Waals surface area contributed by atoms with Crippen LogP contribution in [0.1, 0.15) is 25.1 Å². The number of nitrogens with zero attached hydrogens (tertiary/aromatic N) is 3. The summed E-state index contributed by atoms with van der Waals surface area (Å²) in [5, 5.41) is 5.51. The van der Waals surface area contributed by atoms with Crippen LogP contribution in [-0.2, 0) is 11.3 Å². The monoisotopic (exact) mass is 336 g/mol. The Morgan fingerprint density at radius 1 is 1.43 bits per heavy atom. The number of carbonyl (C=O) groups is 1. The van der Waals surface area contributed by atoms with E-state index in [2.05, 4.69) is 46.6 Å². The third kappa shape index (κ3) is 5.23. The fourth-order valence-corrected chi connectivity index (χ4v) is 3.23. The number of hydrogen-bond donors (Lipinski definition) is 1. The second-order valence-electron chi connectivity index (χ2n) is 6.55. The molecule has 2 unspecified atom stereocenters. The minimum Gasteiger partial charge on any atom is -0.351 e. The molecule has 2 atom stereocenters. The molecule has 0 aliphatic carbocycles. The number of carbonyl (C=O) groups excluding carboxylic acids is 1. The summed E-state index contributed by atoms with van der Waals surface area (Å²) >= 11 is 1.73. The van der Waals surface area contributed by atoms with Gasteiger partial charge in [0.05, 0.1) is 6.54 Å². The molecule has 1 aliphatic heterocycles. The number of thiophene rings is 1. The molecular weight excluding hydrogens is 308 g/mol. The Morgan fingerprint density at radius 3 is 2.83 bits per heavy atom. The van der Waals surface area contributed by atoms with Crippen LogP contribution in [0.25, 0.3) is 0 Å². The van der Waals surface area contributed by atoms with E-state index in [0.717, 1.165) is 31.5 Å². The number of rotatable bonds is 4. The Kier molecular flexibility index (Phi) is 6.45. The summed E-state index contributed by atoms with van der Waals surface area (Å²) in [6, 6.07) is 4.17. The molecule has 5 nitrogen and oxygen atoms in total. The second-order valence-corrected chi connectivity index (χ2v) is 7.58. The van der Waals surface area contributed by atoms with Gasteiger partial charge in [-0.1, -0.05) is 19.9 Å². The Morgan fingerprint density at radius 2 is 2.22 bits per heavy atom. The van der Waals surface area contributed by atoms with Gasteiger partial charge in [0.2, 0.25) is 5.91 Å². The Balaban J connectivity index is 2.03. The number of hydrogen-bond acceptors (Lipinski definition) is 3. The third-order valence-electron chi connectivity index (χ3n) is 4.50.